The highest BCUT2D eigenvalue weighted by molar-refractivity contribution is 5.60. The summed E-state index contributed by atoms with van der Waals surface area (Å²) in [6.45, 7) is 8.97. The fraction of sp³-hybridized carbons (Fsp3) is 0.966. The first kappa shape index (κ1) is 31.3. The van der Waals surface area contributed by atoms with Crippen LogP contribution in [0, 0.1) is 0 Å². The molecular weight excluding hydrogens is 396 g/mol. The highest BCUT2D eigenvalue weighted by Gasteiger charge is 2.19. The minimum absolute atomic E-state index is 0.0336. The summed E-state index contributed by atoms with van der Waals surface area (Å²) >= 11 is 0. The zero-order chi connectivity index (χ0) is 23.7. The Morgan fingerprint density at radius 1 is 0.438 bits per heavy atom. The van der Waals surface area contributed by atoms with Crippen LogP contribution in [0.1, 0.15) is 169 Å². The van der Waals surface area contributed by atoms with Crippen molar-refractivity contribution in [1.82, 2.24) is 0 Å². The molecule has 0 radical (unpaired) electrons. The van der Waals surface area contributed by atoms with Crippen molar-refractivity contribution in [3.8, 4) is 0 Å². The van der Waals surface area contributed by atoms with Gasteiger partial charge in [0.05, 0.1) is 0 Å². The Morgan fingerprint density at radius 3 is 0.969 bits per heavy atom. The lowest BCUT2D eigenvalue weighted by Gasteiger charge is -2.22. The predicted octanol–water partition coefficient (Wildman–Crippen LogP) is 10.5. The van der Waals surface area contributed by atoms with Gasteiger partial charge in [-0.25, -0.2) is 4.79 Å². The van der Waals surface area contributed by atoms with E-state index in [0.29, 0.717) is 0 Å². The molecule has 0 aliphatic rings. The van der Waals surface area contributed by atoms with Gasteiger partial charge >= 0.3 is 6.16 Å². The van der Waals surface area contributed by atoms with Crippen molar-refractivity contribution < 1.29 is 14.3 Å². The third-order valence-corrected chi connectivity index (χ3v) is 6.54. The zero-order valence-electron chi connectivity index (χ0n) is 22.4. The molecule has 2 unspecified atom stereocenters. The number of hydrogen-bond acceptors (Lipinski definition) is 3. The first-order valence-electron chi connectivity index (χ1n) is 14.5. The number of carbonyl (C=O) groups excluding carboxylic acids is 1. The normalized spacial score (nSPS) is 13.1. The highest BCUT2D eigenvalue weighted by atomic mass is 16.7. The second-order valence-electron chi connectivity index (χ2n) is 9.83. The summed E-state index contributed by atoms with van der Waals surface area (Å²) in [4.78, 5) is 12.7. The molecular formula is C29H58O3. The van der Waals surface area contributed by atoms with Crippen LogP contribution in [-0.2, 0) is 9.47 Å². The largest absolute Gasteiger partial charge is 0.508 e. The molecule has 2 atom stereocenters. The Balaban J connectivity index is 4.53. The smallest absolute Gasteiger partial charge is 0.431 e. The number of hydrogen-bond donors (Lipinski definition) is 0. The molecule has 0 aliphatic heterocycles. The fourth-order valence-electron chi connectivity index (χ4n) is 4.37. The summed E-state index contributed by atoms with van der Waals surface area (Å²) in [7, 11) is 0. The molecule has 0 aromatic rings. The van der Waals surface area contributed by atoms with Gasteiger partial charge in [0.2, 0.25) is 0 Å². The van der Waals surface area contributed by atoms with E-state index in [-0.39, 0.29) is 12.2 Å². The predicted molar refractivity (Wildman–Crippen MR) is 139 cm³/mol. The van der Waals surface area contributed by atoms with E-state index >= 15 is 0 Å². The number of ether oxygens (including phenoxy) is 2. The minimum Gasteiger partial charge on any atom is -0.431 e. The molecule has 0 rings (SSSR count). The zero-order valence-corrected chi connectivity index (χ0v) is 22.4. The van der Waals surface area contributed by atoms with Gasteiger partial charge in [-0.2, -0.15) is 0 Å². The molecule has 0 aromatic heterocycles. The van der Waals surface area contributed by atoms with E-state index in [4.69, 9.17) is 9.47 Å². The van der Waals surface area contributed by atoms with Crippen molar-refractivity contribution in [1.29, 1.82) is 0 Å². The number of rotatable bonds is 24. The van der Waals surface area contributed by atoms with Gasteiger partial charge in [-0.15, -0.1) is 0 Å². The van der Waals surface area contributed by atoms with Gasteiger partial charge in [0.15, 0.2) is 0 Å². The Bertz CT molecular complexity index is 349. The molecule has 0 saturated heterocycles. The van der Waals surface area contributed by atoms with Gasteiger partial charge in [0, 0.05) is 0 Å². The van der Waals surface area contributed by atoms with E-state index in [1.54, 1.807) is 0 Å². The molecule has 32 heavy (non-hydrogen) atoms. The Hall–Kier alpha value is -0.730. The quantitative estimate of drug-likeness (QED) is 0.107. The van der Waals surface area contributed by atoms with Gasteiger partial charge in [-0.1, -0.05) is 118 Å². The van der Waals surface area contributed by atoms with Crippen LogP contribution in [0.4, 0.5) is 4.79 Å². The average Bonchev–Trinajstić information content (AvgIpc) is 2.78. The van der Waals surface area contributed by atoms with E-state index in [1.807, 2.05) is 0 Å². The molecule has 0 bridgehead atoms. The Morgan fingerprint density at radius 2 is 0.688 bits per heavy atom. The maximum absolute atomic E-state index is 12.7. The molecule has 3 nitrogen and oxygen atoms in total. The third-order valence-electron chi connectivity index (χ3n) is 6.54. The summed E-state index contributed by atoms with van der Waals surface area (Å²) in [5, 5.41) is 0. The molecule has 192 valence electrons. The molecule has 0 spiro atoms. The van der Waals surface area contributed by atoms with Gasteiger partial charge in [0.1, 0.15) is 12.2 Å². The van der Waals surface area contributed by atoms with Crippen LogP contribution in [0.15, 0.2) is 0 Å². The first-order chi connectivity index (χ1) is 15.7. The molecule has 0 heterocycles. The van der Waals surface area contributed by atoms with Crippen molar-refractivity contribution >= 4 is 6.16 Å². The highest BCUT2D eigenvalue weighted by Crippen LogP contribution is 2.20. The van der Waals surface area contributed by atoms with Crippen LogP contribution in [0.3, 0.4) is 0 Å². The van der Waals surface area contributed by atoms with Crippen molar-refractivity contribution in [2.24, 2.45) is 0 Å². The fourth-order valence-corrected chi connectivity index (χ4v) is 4.37. The van der Waals surface area contributed by atoms with E-state index in [2.05, 4.69) is 27.7 Å². The molecule has 0 fully saturated rings. The van der Waals surface area contributed by atoms with Crippen LogP contribution in [0.5, 0.6) is 0 Å². The van der Waals surface area contributed by atoms with Gasteiger partial charge < -0.3 is 9.47 Å². The van der Waals surface area contributed by atoms with E-state index in [9.17, 15) is 4.79 Å². The van der Waals surface area contributed by atoms with E-state index in [1.165, 1.54) is 89.9 Å². The van der Waals surface area contributed by atoms with Crippen molar-refractivity contribution in [3.63, 3.8) is 0 Å². The first-order valence-corrected chi connectivity index (χ1v) is 14.5. The summed E-state index contributed by atoms with van der Waals surface area (Å²) in [5.41, 5.74) is 0. The standard InChI is InChI=1S/C29H58O3/c1-5-9-13-17-21-25-27(23-19-15-11-7-3)31-29(30)32-28(24-20-16-12-8-4)26-22-18-14-10-6-2/h27-28H,5-26H2,1-4H3. The van der Waals surface area contributed by atoms with E-state index in [0.717, 1.165) is 51.4 Å². The summed E-state index contributed by atoms with van der Waals surface area (Å²) in [6.07, 6.45) is 25.9. The van der Waals surface area contributed by atoms with E-state index < -0.39 is 6.16 Å². The topological polar surface area (TPSA) is 35.5 Å². The summed E-state index contributed by atoms with van der Waals surface area (Å²) < 4.78 is 11.8. The van der Waals surface area contributed by atoms with Crippen LogP contribution in [0.2, 0.25) is 0 Å². The maximum atomic E-state index is 12.7. The Kier molecular flexibility index (Phi) is 24.3. The van der Waals surface area contributed by atoms with Crippen molar-refractivity contribution in [2.45, 2.75) is 181 Å². The van der Waals surface area contributed by atoms with Gasteiger partial charge in [-0.05, 0) is 51.4 Å². The van der Waals surface area contributed by atoms with Gasteiger partial charge in [0.25, 0.3) is 0 Å². The average molecular weight is 455 g/mol. The SMILES string of the molecule is CCCCCCCC(CCCCCC)OC(=O)OC(CCCCCC)CCCCCCC. The van der Waals surface area contributed by atoms with Crippen LogP contribution < -0.4 is 0 Å². The lowest BCUT2D eigenvalue weighted by atomic mass is 10.0. The molecule has 0 N–H and O–H groups in total. The Labute approximate surface area is 201 Å². The lowest BCUT2D eigenvalue weighted by molar-refractivity contribution is -0.0121. The molecule has 0 amide bonds. The summed E-state index contributed by atoms with van der Waals surface area (Å²) in [6, 6.07) is 0. The second kappa shape index (κ2) is 24.9. The van der Waals surface area contributed by atoms with Crippen molar-refractivity contribution in [2.75, 3.05) is 0 Å². The monoisotopic (exact) mass is 454 g/mol. The van der Waals surface area contributed by atoms with Crippen molar-refractivity contribution in [3.05, 3.63) is 0 Å². The lowest BCUT2D eigenvalue weighted by Crippen LogP contribution is -2.24. The molecule has 0 saturated carbocycles. The molecule has 3 heteroatoms. The minimum atomic E-state index is -0.409. The molecule has 0 aromatic carbocycles. The maximum Gasteiger partial charge on any atom is 0.508 e. The van der Waals surface area contributed by atoms with Crippen LogP contribution in [0.25, 0.3) is 0 Å². The summed E-state index contributed by atoms with van der Waals surface area (Å²) in [5.74, 6) is 0. The van der Waals surface area contributed by atoms with Gasteiger partial charge in [-0.3, -0.25) is 0 Å². The molecule has 0 aliphatic carbocycles. The number of carbonyl (C=O) groups is 1. The second-order valence-corrected chi connectivity index (χ2v) is 9.83. The van der Waals surface area contributed by atoms with Crippen LogP contribution in [-0.4, -0.2) is 18.4 Å². The third kappa shape index (κ3) is 21.1. The van der Waals surface area contributed by atoms with Crippen LogP contribution >= 0.6 is 0 Å². The number of unbranched alkanes of at least 4 members (excludes halogenated alkanes) is 14.